The zero-order chi connectivity index (χ0) is 12.4. The van der Waals surface area contributed by atoms with Gasteiger partial charge in [0.25, 0.3) is 0 Å². The second-order valence-electron chi connectivity index (χ2n) is 4.16. The van der Waals surface area contributed by atoms with Gasteiger partial charge in [0.05, 0.1) is 10.7 Å². The van der Waals surface area contributed by atoms with Gasteiger partial charge in [0.2, 0.25) is 0 Å². The molecule has 1 heterocycles. The number of aliphatic hydroxyl groups excluding tert-OH is 1. The van der Waals surface area contributed by atoms with Crippen molar-refractivity contribution in [3.63, 3.8) is 0 Å². The van der Waals surface area contributed by atoms with Crippen molar-refractivity contribution in [2.24, 2.45) is 0 Å². The summed E-state index contributed by atoms with van der Waals surface area (Å²) in [5.74, 6) is 0. The Labute approximate surface area is 110 Å². The SMILES string of the molecule is OCCc1nc(-c2ccc3ccccc3c2)cs1. The molecule has 2 aromatic carbocycles. The van der Waals surface area contributed by atoms with Gasteiger partial charge in [-0.2, -0.15) is 0 Å². The molecule has 1 N–H and O–H groups in total. The molecule has 18 heavy (non-hydrogen) atoms. The van der Waals surface area contributed by atoms with Crippen LogP contribution in [0.15, 0.2) is 47.8 Å². The van der Waals surface area contributed by atoms with Crippen LogP contribution < -0.4 is 0 Å². The fourth-order valence-electron chi connectivity index (χ4n) is 2.00. The van der Waals surface area contributed by atoms with Crippen molar-refractivity contribution < 1.29 is 5.11 Å². The van der Waals surface area contributed by atoms with E-state index in [0.29, 0.717) is 6.42 Å². The first-order valence-electron chi connectivity index (χ1n) is 5.91. The lowest BCUT2D eigenvalue weighted by Crippen LogP contribution is -1.89. The third-order valence-corrected chi connectivity index (χ3v) is 3.83. The molecule has 3 heteroatoms. The van der Waals surface area contributed by atoms with Crippen LogP contribution in [0.4, 0.5) is 0 Å². The second kappa shape index (κ2) is 4.88. The Balaban J connectivity index is 2.02. The average Bonchev–Trinajstić information content (AvgIpc) is 2.87. The minimum atomic E-state index is 0.157. The van der Waals surface area contributed by atoms with Crippen LogP contribution in [0.2, 0.25) is 0 Å². The van der Waals surface area contributed by atoms with E-state index >= 15 is 0 Å². The number of aromatic nitrogens is 1. The smallest absolute Gasteiger partial charge is 0.0955 e. The molecule has 0 saturated carbocycles. The van der Waals surface area contributed by atoms with Gasteiger partial charge in [0.1, 0.15) is 0 Å². The standard InChI is InChI=1S/C15H13NOS/c17-8-7-15-16-14(10-18-15)13-6-5-11-3-1-2-4-12(11)9-13/h1-6,9-10,17H,7-8H2. The first-order chi connectivity index (χ1) is 8.86. The monoisotopic (exact) mass is 255 g/mol. The Kier molecular flexibility index (Phi) is 3.09. The Morgan fingerprint density at radius 2 is 1.89 bits per heavy atom. The Bertz CT molecular complexity index is 675. The largest absolute Gasteiger partial charge is 0.396 e. The van der Waals surface area contributed by atoms with E-state index in [9.17, 15) is 0 Å². The highest BCUT2D eigenvalue weighted by Crippen LogP contribution is 2.25. The number of benzene rings is 2. The summed E-state index contributed by atoms with van der Waals surface area (Å²) in [7, 11) is 0. The molecular formula is C15H13NOS. The summed E-state index contributed by atoms with van der Waals surface area (Å²) in [5.41, 5.74) is 2.13. The summed E-state index contributed by atoms with van der Waals surface area (Å²) in [4.78, 5) is 4.54. The zero-order valence-electron chi connectivity index (χ0n) is 9.84. The minimum absolute atomic E-state index is 0.157. The Hall–Kier alpha value is -1.71. The molecule has 0 spiro atoms. The number of thiazole rings is 1. The third-order valence-electron chi connectivity index (χ3n) is 2.92. The van der Waals surface area contributed by atoms with Gasteiger partial charge >= 0.3 is 0 Å². The summed E-state index contributed by atoms with van der Waals surface area (Å²) in [5, 5.41) is 14.4. The van der Waals surface area contributed by atoms with Gasteiger partial charge in [0.15, 0.2) is 0 Å². The number of nitrogens with zero attached hydrogens (tertiary/aromatic N) is 1. The highest BCUT2D eigenvalue weighted by molar-refractivity contribution is 7.09. The average molecular weight is 255 g/mol. The van der Waals surface area contributed by atoms with Gasteiger partial charge in [0, 0.05) is 24.0 Å². The molecular weight excluding hydrogens is 242 g/mol. The van der Waals surface area contributed by atoms with E-state index in [4.69, 9.17) is 5.11 Å². The van der Waals surface area contributed by atoms with Crippen LogP contribution in [-0.2, 0) is 6.42 Å². The van der Waals surface area contributed by atoms with E-state index in [1.807, 2.05) is 12.1 Å². The van der Waals surface area contributed by atoms with E-state index in [-0.39, 0.29) is 6.61 Å². The highest BCUT2D eigenvalue weighted by Gasteiger charge is 2.04. The fourth-order valence-corrected chi connectivity index (χ4v) is 2.80. The molecule has 0 fully saturated rings. The zero-order valence-corrected chi connectivity index (χ0v) is 10.7. The fraction of sp³-hybridized carbons (Fsp3) is 0.133. The van der Waals surface area contributed by atoms with Gasteiger partial charge in [-0.25, -0.2) is 4.98 Å². The molecule has 3 aromatic rings. The van der Waals surface area contributed by atoms with Gasteiger partial charge in [-0.15, -0.1) is 11.3 Å². The maximum absolute atomic E-state index is 8.91. The van der Waals surface area contributed by atoms with Crippen molar-refractivity contribution in [3.05, 3.63) is 52.9 Å². The molecule has 0 aliphatic heterocycles. The van der Waals surface area contributed by atoms with E-state index < -0.39 is 0 Å². The van der Waals surface area contributed by atoms with E-state index in [0.717, 1.165) is 16.3 Å². The van der Waals surface area contributed by atoms with Crippen LogP contribution in [0.1, 0.15) is 5.01 Å². The number of hydrogen-bond acceptors (Lipinski definition) is 3. The maximum atomic E-state index is 8.91. The van der Waals surface area contributed by atoms with E-state index in [1.165, 1.54) is 10.8 Å². The summed E-state index contributed by atoms with van der Waals surface area (Å²) < 4.78 is 0. The van der Waals surface area contributed by atoms with Crippen molar-refractivity contribution in [2.75, 3.05) is 6.61 Å². The van der Waals surface area contributed by atoms with Crippen LogP contribution in [0.5, 0.6) is 0 Å². The lowest BCUT2D eigenvalue weighted by molar-refractivity contribution is 0.299. The number of rotatable bonds is 3. The van der Waals surface area contributed by atoms with Gasteiger partial charge < -0.3 is 5.11 Å². The molecule has 90 valence electrons. The van der Waals surface area contributed by atoms with Crippen LogP contribution in [-0.4, -0.2) is 16.7 Å². The molecule has 0 atom stereocenters. The molecule has 3 rings (SSSR count). The summed E-state index contributed by atoms with van der Waals surface area (Å²) in [6.07, 6.45) is 0.637. The summed E-state index contributed by atoms with van der Waals surface area (Å²) >= 11 is 1.60. The van der Waals surface area contributed by atoms with Crippen molar-refractivity contribution in [2.45, 2.75) is 6.42 Å². The van der Waals surface area contributed by atoms with Crippen molar-refractivity contribution in [1.29, 1.82) is 0 Å². The maximum Gasteiger partial charge on any atom is 0.0955 e. The van der Waals surface area contributed by atoms with Crippen LogP contribution in [0, 0.1) is 0 Å². The topological polar surface area (TPSA) is 33.1 Å². The van der Waals surface area contributed by atoms with Crippen LogP contribution in [0.25, 0.3) is 22.0 Å². The molecule has 0 amide bonds. The lowest BCUT2D eigenvalue weighted by Gasteiger charge is -2.00. The normalized spacial score (nSPS) is 10.9. The van der Waals surface area contributed by atoms with Crippen LogP contribution >= 0.6 is 11.3 Å². The molecule has 2 nitrogen and oxygen atoms in total. The van der Waals surface area contributed by atoms with E-state index in [1.54, 1.807) is 11.3 Å². The number of aliphatic hydroxyl groups is 1. The predicted molar refractivity (Wildman–Crippen MR) is 75.8 cm³/mol. The molecule has 0 unspecified atom stereocenters. The lowest BCUT2D eigenvalue weighted by atomic mass is 10.1. The third kappa shape index (κ3) is 2.15. The van der Waals surface area contributed by atoms with Crippen molar-refractivity contribution in [1.82, 2.24) is 4.98 Å². The van der Waals surface area contributed by atoms with Crippen molar-refractivity contribution in [3.8, 4) is 11.3 Å². The molecule has 0 bridgehead atoms. The van der Waals surface area contributed by atoms with E-state index in [2.05, 4.69) is 40.7 Å². The summed E-state index contributed by atoms with van der Waals surface area (Å²) in [6, 6.07) is 14.7. The molecule has 0 saturated heterocycles. The second-order valence-corrected chi connectivity index (χ2v) is 5.10. The Morgan fingerprint density at radius 1 is 1.06 bits per heavy atom. The van der Waals surface area contributed by atoms with Gasteiger partial charge in [-0.1, -0.05) is 36.4 Å². The van der Waals surface area contributed by atoms with Crippen molar-refractivity contribution >= 4 is 22.1 Å². The molecule has 0 radical (unpaired) electrons. The highest BCUT2D eigenvalue weighted by atomic mass is 32.1. The van der Waals surface area contributed by atoms with Crippen LogP contribution in [0.3, 0.4) is 0 Å². The quantitative estimate of drug-likeness (QED) is 0.777. The number of hydrogen-bond donors (Lipinski definition) is 1. The Morgan fingerprint density at radius 3 is 2.72 bits per heavy atom. The molecule has 0 aliphatic rings. The van der Waals surface area contributed by atoms with Gasteiger partial charge in [-0.05, 0) is 16.8 Å². The minimum Gasteiger partial charge on any atom is -0.396 e. The predicted octanol–water partition coefficient (Wildman–Crippen LogP) is 3.50. The first-order valence-corrected chi connectivity index (χ1v) is 6.79. The summed E-state index contributed by atoms with van der Waals surface area (Å²) in [6.45, 7) is 0.157. The molecule has 0 aliphatic carbocycles. The number of fused-ring (bicyclic) bond motifs is 1. The first kappa shape index (κ1) is 11.4. The molecule has 1 aromatic heterocycles. The van der Waals surface area contributed by atoms with Gasteiger partial charge in [-0.3, -0.25) is 0 Å².